The van der Waals surface area contributed by atoms with E-state index in [1.807, 2.05) is 24.4 Å². The van der Waals surface area contributed by atoms with Crippen LogP contribution in [0.15, 0.2) is 24.4 Å². The van der Waals surface area contributed by atoms with Crippen LogP contribution in [0.5, 0.6) is 11.5 Å². The molecule has 1 aromatic carbocycles. The van der Waals surface area contributed by atoms with E-state index in [1.165, 1.54) is 5.56 Å². The van der Waals surface area contributed by atoms with Crippen molar-refractivity contribution >= 4 is 5.91 Å². The van der Waals surface area contributed by atoms with Gasteiger partial charge in [-0.3, -0.25) is 9.89 Å². The number of benzene rings is 1. The number of hydrogen-bond donors (Lipinski definition) is 1. The molecule has 1 aliphatic heterocycles. The fraction of sp³-hybridized carbons (Fsp3) is 0.565. The largest absolute Gasteiger partial charge is 0.493 e. The molecule has 1 aliphatic rings. The summed E-state index contributed by atoms with van der Waals surface area (Å²) in [5, 5.41) is 7.19. The zero-order valence-electron chi connectivity index (χ0n) is 18.2. The van der Waals surface area contributed by atoms with E-state index in [0.717, 1.165) is 50.0 Å². The molecule has 0 unspecified atom stereocenters. The highest BCUT2D eigenvalue weighted by molar-refractivity contribution is 5.88. The second kappa shape index (κ2) is 8.89. The Kier molecular flexibility index (Phi) is 6.50. The van der Waals surface area contributed by atoms with Crippen molar-refractivity contribution < 1.29 is 14.3 Å². The molecule has 0 radical (unpaired) electrons. The quantitative estimate of drug-likeness (QED) is 0.758. The number of ether oxygens (including phenoxy) is 2. The summed E-state index contributed by atoms with van der Waals surface area (Å²) in [6, 6.07) is 5.87. The first-order chi connectivity index (χ1) is 14.0. The number of nitrogens with one attached hydrogen (secondary N) is 1. The van der Waals surface area contributed by atoms with Crippen molar-refractivity contribution in [2.24, 2.45) is 0 Å². The minimum absolute atomic E-state index is 0.220. The fourth-order valence-corrected chi connectivity index (χ4v) is 4.69. The molecule has 3 rings (SSSR count). The van der Waals surface area contributed by atoms with E-state index in [9.17, 15) is 4.79 Å². The molecule has 0 aliphatic carbocycles. The highest BCUT2D eigenvalue weighted by atomic mass is 16.5. The van der Waals surface area contributed by atoms with Crippen molar-refractivity contribution in [1.82, 2.24) is 15.1 Å². The predicted octanol–water partition coefficient (Wildman–Crippen LogP) is 4.20. The van der Waals surface area contributed by atoms with Gasteiger partial charge in [0, 0.05) is 18.8 Å². The maximum absolute atomic E-state index is 13.7. The molecule has 1 amide bonds. The molecule has 158 valence electrons. The van der Waals surface area contributed by atoms with E-state index >= 15 is 0 Å². The number of rotatable bonds is 7. The monoisotopic (exact) mass is 399 g/mol. The minimum atomic E-state index is -0.544. The first kappa shape index (κ1) is 21.2. The maximum Gasteiger partial charge on any atom is 0.233 e. The highest BCUT2D eigenvalue weighted by Crippen LogP contribution is 2.40. The van der Waals surface area contributed by atoms with Gasteiger partial charge in [0.1, 0.15) is 0 Å². The van der Waals surface area contributed by atoms with Crippen LogP contribution in [-0.2, 0) is 10.2 Å². The smallest absolute Gasteiger partial charge is 0.233 e. The molecule has 2 heterocycles. The molecule has 6 nitrogen and oxygen atoms in total. The van der Waals surface area contributed by atoms with Gasteiger partial charge in [0.25, 0.3) is 0 Å². The first-order valence-corrected chi connectivity index (χ1v) is 10.5. The van der Waals surface area contributed by atoms with Crippen LogP contribution < -0.4 is 9.47 Å². The van der Waals surface area contributed by atoms with Crippen LogP contribution in [0, 0.1) is 6.92 Å². The number of carbonyl (C=O) groups excluding carboxylic acids is 1. The normalized spacial score (nSPS) is 15.4. The molecular weight excluding hydrogens is 366 g/mol. The van der Waals surface area contributed by atoms with Gasteiger partial charge < -0.3 is 14.4 Å². The second-order valence-corrected chi connectivity index (χ2v) is 7.88. The Morgan fingerprint density at radius 3 is 2.34 bits per heavy atom. The second-order valence-electron chi connectivity index (χ2n) is 7.88. The van der Waals surface area contributed by atoms with Gasteiger partial charge >= 0.3 is 0 Å². The molecule has 0 saturated carbocycles. The molecular formula is C23H33N3O3. The Balaban J connectivity index is 1.82. The van der Waals surface area contributed by atoms with Crippen molar-refractivity contribution in [3.8, 4) is 11.5 Å². The summed E-state index contributed by atoms with van der Waals surface area (Å²) >= 11 is 0. The van der Waals surface area contributed by atoms with Gasteiger partial charge in [-0.25, -0.2) is 0 Å². The lowest BCUT2D eigenvalue weighted by atomic mass is 9.74. The number of amides is 1. The van der Waals surface area contributed by atoms with E-state index < -0.39 is 5.41 Å². The van der Waals surface area contributed by atoms with Crippen LogP contribution in [0.25, 0.3) is 0 Å². The lowest BCUT2D eigenvalue weighted by Gasteiger charge is -2.40. The predicted molar refractivity (Wildman–Crippen MR) is 114 cm³/mol. The van der Waals surface area contributed by atoms with E-state index in [4.69, 9.17) is 9.47 Å². The fourth-order valence-electron chi connectivity index (χ4n) is 4.69. The highest BCUT2D eigenvalue weighted by Gasteiger charge is 2.41. The van der Waals surface area contributed by atoms with Crippen LogP contribution in [0.1, 0.15) is 62.3 Å². The van der Waals surface area contributed by atoms with Gasteiger partial charge in [0.05, 0.1) is 25.8 Å². The number of carbonyl (C=O) groups is 1. The third kappa shape index (κ3) is 3.85. The van der Waals surface area contributed by atoms with Gasteiger partial charge in [-0.15, -0.1) is 0 Å². The Morgan fingerprint density at radius 2 is 1.83 bits per heavy atom. The third-order valence-corrected chi connectivity index (χ3v) is 6.64. The Morgan fingerprint density at radius 1 is 1.17 bits per heavy atom. The van der Waals surface area contributed by atoms with Crippen molar-refractivity contribution in [3.05, 3.63) is 41.2 Å². The van der Waals surface area contributed by atoms with Crippen molar-refractivity contribution in [2.75, 3.05) is 27.3 Å². The van der Waals surface area contributed by atoms with E-state index in [-0.39, 0.29) is 5.91 Å². The molecule has 1 N–H and O–H groups in total. The number of methoxy groups -OCH3 is 2. The molecule has 1 aromatic heterocycles. The molecule has 0 bridgehead atoms. The van der Waals surface area contributed by atoms with Gasteiger partial charge in [-0.2, -0.15) is 5.10 Å². The molecule has 1 fully saturated rings. The number of aryl methyl sites for hydroxylation is 1. The van der Waals surface area contributed by atoms with Crippen molar-refractivity contribution in [2.45, 2.75) is 57.8 Å². The molecule has 6 heteroatoms. The average Bonchev–Trinajstić information content (AvgIpc) is 3.20. The molecule has 0 atom stereocenters. The van der Waals surface area contributed by atoms with Crippen molar-refractivity contribution in [1.29, 1.82) is 0 Å². The summed E-state index contributed by atoms with van der Waals surface area (Å²) in [5.74, 6) is 2.04. The van der Waals surface area contributed by atoms with Gasteiger partial charge in [-0.05, 0) is 61.8 Å². The average molecular weight is 400 g/mol. The van der Waals surface area contributed by atoms with Gasteiger partial charge in [0.2, 0.25) is 5.91 Å². The van der Waals surface area contributed by atoms with Crippen LogP contribution in [0.3, 0.4) is 0 Å². The van der Waals surface area contributed by atoms with Crippen LogP contribution >= 0.6 is 0 Å². The maximum atomic E-state index is 13.7. The number of piperidine rings is 1. The Bertz CT molecular complexity index is 834. The minimum Gasteiger partial charge on any atom is -0.493 e. The Hall–Kier alpha value is -2.50. The summed E-state index contributed by atoms with van der Waals surface area (Å²) < 4.78 is 10.9. The standard InChI is InChI=1S/C23H33N3O3/c1-6-23(7-2,18-8-9-20(28-4)21(14-18)29-5)22(27)26-12-10-17(11-13-26)19-15-24-25-16(19)3/h8-9,14-15,17H,6-7,10-13H2,1-5H3,(H,24,25). The molecule has 2 aromatic rings. The zero-order valence-corrected chi connectivity index (χ0v) is 18.2. The van der Waals surface area contributed by atoms with Crippen LogP contribution in [0.2, 0.25) is 0 Å². The lowest BCUT2D eigenvalue weighted by molar-refractivity contribution is -0.139. The van der Waals surface area contributed by atoms with E-state index in [0.29, 0.717) is 17.4 Å². The summed E-state index contributed by atoms with van der Waals surface area (Å²) in [7, 11) is 3.26. The summed E-state index contributed by atoms with van der Waals surface area (Å²) in [6.07, 6.45) is 5.38. The number of H-pyrrole nitrogens is 1. The Labute approximate surface area is 173 Å². The SMILES string of the molecule is CCC(CC)(C(=O)N1CCC(c2cn[nH]c2C)CC1)c1ccc(OC)c(OC)c1. The molecule has 0 spiro atoms. The number of likely N-dealkylation sites (tertiary alicyclic amines) is 1. The number of aromatic amines is 1. The van der Waals surface area contributed by atoms with Crippen molar-refractivity contribution in [3.63, 3.8) is 0 Å². The van der Waals surface area contributed by atoms with Gasteiger partial charge in [-0.1, -0.05) is 19.9 Å². The number of hydrogen-bond acceptors (Lipinski definition) is 4. The zero-order chi connectivity index (χ0) is 21.0. The topological polar surface area (TPSA) is 67.5 Å². The molecule has 1 saturated heterocycles. The number of aromatic nitrogens is 2. The van der Waals surface area contributed by atoms with Gasteiger partial charge in [0.15, 0.2) is 11.5 Å². The number of nitrogens with zero attached hydrogens (tertiary/aromatic N) is 2. The first-order valence-electron chi connectivity index (χ1n) is 10.5. The van der Waals surface area contributed by atoms with Crippen LogP contribution in [0.4, 0.5) is 0 Å². The third-order valence-electron chi connectivity index (χ3n) is 6.64. The van der Waals surface area contributed by atoms with Crippen LogP contribution in [-0.4, -0.2) is 48.3 Å². The van der Waals surface area contributed by atoms with E-state index in [1.54, 1.807) is 14.2 Å². The lowest BCUT2D eigenvalue weighted by Crippen LogP contribution is -2.49. The summed E-state index contributed by atoms with van der Waals surface area (Å²) in [4.78, 5) is 15.8. The summed E-state index contributed by atoms with van der Waals surface area (Å²) in [6.45, 7) is 7.82. The molecule has 29 heavy (non-hydrogen) atoms. The van der Waals surface area contributed by atoms with E-state index in [2.05, 4.69) is 35.9 Å². The summed E-state index contributed by atoms with van der Waals surface area (Å²) in [5.41, 5.74) is 2.88.